The maximum atomic E-state index is 11.9. The Morgan fingerprint density at radius 3 is 2.45 bits per heavy atom. The van der Waals surface area contributed by atoms with Crippen LogP contribution in [0.25, 0.3) is 0 Å². The summed E-state index contributed by atoms with van der Waals surface area (Å²) < 4.78 is 0. The zero-order valence-electron chi connectivity index (χ0n) is 13.4. The summed E-state index contributed by atoms with van der Waals surface area (Å²) in [6.07, 6.45) is 0. The molecular weight excluding hydrogens is 280 g/mol. The first-order valence-electron chi connectivity index (χ1n) is 6.99. The fourth-order valence-corrected chi connectivity index (χ4v) is 1.87. The minimum Gasteiger partial charge on any atom is -0.350 e. The van der Waals surface area contributed by atoms with Crippen molar-refractivity contribution < 1.29 is 9.59 Å². The molecule has 0 unspecified atom stereocenters. The van der Waals surface area contributed by atoms with Crippen molar-refractivity contribution in [1.29, 1.82) is 5.26 Å². The third-order valence-electron chi connectivity index (χ3n) is 2.62. The number of hydrogen-bond donors (Lipinski definition) is 2. The minimum atomic E-state index is -0.294. The lowest BCUT2D eigenvalue weighted by molar-refractivity contribution is -0.124. The van der Waals surface area contributed by atoms with Crippen LogP contribution in [0, 0.1) is 11.3 Å². The van der Waals surface area contributed by atoms with E-state index in [1.165, 1.54) is 0 Å². The lowest BCUT2D eigenvalue weighted by Crippen LogP contribution is -2.46. The summed E-state index contributed by atoms with van der Waals surface area (Å²) in [6, 6.07) is 8.70. The topological polar surface area (TPSA) is 85.2 Å². The molecule has 0 heterocycles. The molecule has 2 amide bonds. The largest absolute Gasteiger partial charge is 0.350 e. The Hall–Kier alpha value is -2.39. The molecule has 1 aromatic carbocycles. The quantitative estimate of drug-likeness (QED) is 0.859. The predicted molar refractivity (Wildman–Crippen MR) is 85.2 cm³/mol. The summed E-state index contributed by atoms with van der Waals surface area (Å²) in [6.45, 7) is 5.94. The third kappa shape index (κ3) is 6.86. The number of likely N-dealkylation sites (N-methyl/N-ethyl adjacent to an activating group) is 1. The van der Waals surface area contributed by atoms with Gasteiger partial charge in [-0.15, -0.1) is 0 Å². The van der Waals surface area contributed by atoms with E-state index in [-0.39, 0.29) is 30.4 Å². The molecular formula is C16H22N4O2. The van der Waals surface area contributed by atoms with E-state index in [9.17, 15) is 9.59 Å². The van der Waals surface area contributed by atoms with Gasteiger partial charge in [0.1, 0.15) is 0 Å². The van der Waals surface area contributed by atoms with E-state index in [1.54, 1.807) is 36.2 Å². The average molecular weight is 302 g/mol. The highest BCUT2D eigenvalue weighted by molar-refractivity contribution is 5.92. The van der Waals surface area contributed by atoms with Gasteiger partial charge in [-0.05, 0) is 46.0 Å². The predicted octanol–water partition coefficient (Wildman–Crippen LogP) is 1.34. The number of rotatable bonds is 5. The van der Waals surface area contributed by atoms with E-state index in [1.807, 2.05) is 26.8 Å². The van der Waals surface area contributed by atoms with Gasteiger partial charge in [-0.25, -0.2) is 0 Å². The van der Waals surface area contributed by atoms with Gasteiger partial charge in [0.2, 0.25) is 11.8 Å². The van der Waals surface area contributed by atoms with E-state index < -0.39 is 0 Å². The van der Waals surface area contributed by atoms with E-state index in [0.29, 0.717) is 11.3 Å². The standard InChI is InChI=1S/C16H22N4O2/c1-16(2,3)19-15(22)11-20(4)10-14(21)18-13-7-5-6-12(8-13)9-17/h5-8H,10-11H2,1-4H3,(H,18,21)(H,19,22). The van der Waals surface area contributed by atoms with Gasteiger partial charge in [0.05, 0.1) is 24.7 Å². The molecule has 0 aliphatic heterocycles. The lowest BCUT2D eigenvalue weighted by Gasteiger charge is -2.23. The third-order valence-corrected chi connectivity index (χ3v) is 2.62. The molecule has 2 N–H and O–H groups in total. The second-order valence-electron chi connectivity index (χ2n) is 6.21. The summed E-state index contributed by atoms with van der Waals surface area (Å²) in [7, 11) is 1.70. The fourth-order valence-electron chi connectivity index (χ4n) is 1.87. The highest BCUT2D eigenvalue weighted by atomic mass is 16.2. The molecule has 118 valence electrons. The maximum Gasteiger partial charge on any atom is 0.238 e. The van der Waals surface area contributed by atoms with Crippen molar-refractivity contribution in [2.24, 2.45) is 0 Å². The fraction of sp³-hybridized carbons (Fsp3) is 0.438. The van der Waals surface area contributed by atoms with Gasteiger partial charge in [0.15, 0.2) is 0 Å². The molecule has 0 aliphatic carbocycles. The number of nitriles is 1. The van der Waals surface area contributed by atoms with Crippen LogP contribution in [0.5, 0.6) is 0 Å². The van der Waals surface area contributed by atoms with Gasteiger partial charge in [0.25, 0.3) is 0 Å². The van der Waals surface area contributed by atoms with Crippen LogP contribution in [-0.2, 0) is 9.59 Å². The molecule has 6 heteroatoms. The van der Waals surface area contributed by atoms with Gasteiger partial charge in [-0.2, -0.15) is 5.26 Å². The van der Waals surface area contributed by atoms with E-state index >= 15 is 0 Å². The van der Waals surface area contributed by atoms with Crippen LogP contribution in [0.2, 0.25) is 0 Å². The molecule has 0 saturated carbocycles. The van der Waals surface area contributed by atoms with E-state index in [0.717, 1.165) is 0 Å². The smallest absolute Gasteiger partial charge is 0.238 e. The van der Waals surface area contributed by atoms with Crippen LogP contribution in [0.1, 0.15) is 26.3 Å². The molecule has 0 fully saturated rings. The average Bonchev–Trinajstić information content (AvgIpc) is 2.35. The summed E-state index contributed by atoms with van der Waals surface area (Å²) in [5.41, 5.74) is 0.755. The van der Waals surface area contributed by atoms with Crippen molar-refractivity contribution in [2.45, 2.75) is 26.3 Å². The number of nitrogens with one attached hydrogen (secondary N) is 2. The van der Waals surface area contributed by atoms with Crippen molar-refractivity contribution in [3.05, 3.63) is 29.8 Å². The zero-order valence-corrected chi connectivity index (χ0v) is 13.4. The molecule has 0 radical (unpaired) electrons. The first-order chi connectivity index (χ1) is 10.2. The van der Waals surface area contributed by atoms with Crippen LogP contribution in [0.4, 0.5) is 5.69 Å². The molecule has 1 rings (SSSR count). The molecule has 0 bridgehead atoms. The molecule has 0 spiro atoms. The first kappa shape index (κ1) is 17.7. The van der Waals surface area contributed by atoms with Crippen molar-refractivity contribution in [3.63, 3.8) is 0 Å². The van der Waals surface area contributed by atoms with Crippen LogP contribution in [0.3, 0.4) is 0 Å². The normalized spacial score (nSPS) is 10.9. The number of nitrogens with zero attached hydrogens (tertiary/aromatic N) is 2. The molecule has 6 nitrogen and oxygen atoms in total. The Labute approximate surface area is 131 Å². The van der Waals surface area contributed by atoms with Crippen molar-refractivity contribution >= 4 is 17.5 Å². The van der Waals surface area contributed by atoms with Crippen LogP contribution in [0.15, 0.2) is 24.3 Å². The second kappa shape index (κ2) is 7.57. The maximum absolute atomic E-state index is 11.9. The van der Waals surface area contributed by atoms with E-state index in [4.69, 9.17) is 5.26 Å². The molecule has 1 aromatic rings. The highest BCUT2D eigenvalue weighted by Gasteiger charge is 2.16. The Morgan fingerprint density at radius 2 is 1.86 bits per heavy atom. The number of amides is 2. The van der Waals surface area contributed by atoms with Crippen molar-refractivity contribution in [1.82, 2.24) is 10.2 Å². The first-order valence-corrected chi connectivity index (χ1v) is 6.99. The van der Waals surface area contributed by atoms with Gasteiger partial charge in [-0.3, -0.25) is 14.5 Å². The van der Waals surface area contributed by atoms with Crippen molar-refractivity contribution in [2.75, 3.05) is 25.5 Å². The minimum absolute atomic E-state index is 0.0916. The summed E-state index contributed by atoms with van der Waals surface area (Å²) in [5, 5.41) is 14.4. The number of anilines is 1. The Bertz CT molecular complexity index is 585. The second-order valence-corrected chi connectivity index (χ2v) is 6.21. The van der Waals surface area contributed by atoms with E-state index in [2.05, 4.69) is 10.6 Å². The van der Waals surface area contributed by atoms with Crippen LogP contribution < -0.4 is 10.6 Å². The lowest BCUT2D eigenvalue weighted by atomic mass is 10.1. The van der Waals surface area contributed by atoms with Crippen molar-refractivity contribution in [3.8, 4) is 6.07 Å². The highest BCUT2D eigenvalue weighted by Crippen LogP contribution is 2.09. The zero-order chi connectivity index (χ0) is 16.8. The number of hydrogen-bond acceptors (Lipinski definition) is 4. The molecule has 0 aromatic heterocycles. The van der Waals surface area contributed by atoms with Gasteiger partial charge in [0, 0.05) is 11.2 Å². The van der Waals surface area contributed by atoms with Gasteiger partial charge < -0.3 is 10.6 Å². The number of carbonyl (C=O) groups excluding carboxylic acids is 2. The number of carbonyl (C=O) groups is 2. The van der Waals surface area contributed by atoms with Crippen LogP contribution in [-0.4, -0.2) is 42.4 Å². The SMILES string of the molecule is CN(CC(=O)Nc1cccc(C#N)c1)CC(=O)NC(C)(C)C. The molecule has 22 heavy (non-hydrogen) atoms. The molecule has 0 aliphatic rings. The summed E-state index contributed by atoms with van der Waals surface area (Å²) in [4.78, 5) is 25.3. The van der Waals surface area contributed by atoms with Crippen LogP contribution >= 0.6 is 0 Å². The van der Waals surface area contributed by atoms with Gasteiger partial charge in [-0.1, -0.05) is 6.07 Å². The Kier molecular flexibility index (Phi) is 6.08. The molecule has 0 atom stereocenters. The summed E-state index contributed by atoms with van der Waals surface area (Å²) >= 11 is 0. The monoisotopic (exact) mass is 302 g/mol. The van der Waals surface area contributed by atoms with Gasteiger partial charge >= 0.3 is 0 Å². The Balaban J connectivity index is 2.47. The molecule has 0 saturated heterocycles. The number of benzene rings is 1. The Morgan fingerprint density at radius 1 is 1.23 bits per heavy atom. The summed E-state index contributed by atoms with van der Waals surface area (Å²) in [5.74, 6) is -0.365.